The molecule has 0 saturated carbocycles. The van der Waals surface area contributed by atoms with Crippen molar-refractivity contribution in [2.75, 3.05) is 19.8 Å². The first-order valence-electron chi connectivity index (χ1n) is 6.32. The van der Waals surface area contributed by atoms with Gasteiger partial charge in [0, 0.05) is 11.8 Å². The highest BCUT2D eigenvalue weighted by Crippen LogP contribution is 2.38. The lowest BCUT2D eigenvalue weighted by atomic mass is 9.91. The van der Waals surface area contributed by atoms with E-state index in [1.807, 2.05) is 6.92 Å². The summed E-state index contributed by atoms with van der Waals surface area (Å²) in [4.78, 5) is 12.3. The van der Waals surface area contributed by atoms with Gasteiger partial charge in [0.2, 0.25) is 5.78 Å². The van der Waals surface area contributed by atoms with Crippen molar-refractivity contribution in [2.24, 2.45) is 5.41 Å². The number of benzene rings is 1. The first kappa shape index (κ1) is 13.6. The summed E-state index contributed by atoms with van der Waals surface area (Å²) in [6.45, 7) is 3.06. The average Bonchev–Trinajstić information content (AvgIpc) is 2.44. The molecule has 3 fully saturated rings. The number of Topliss-reactive ketones (excluding diaryl/α,β-unsaturated/α-hetero) is 1. The lowest BCUT2D eigenvalue weighted by molar-refractivity contribution is -0.439. The fourth-order valence-electron chi connectivity index (χ4n) is 2.24. The molecule has 0 radical (unpaired) electrons. The van der Waals surface area contributed by atoms with Crippen molar-refractivity contribution in [3.8, 4) is 0 Å². The number of carbonyl (C=O) groups excluding carboxylic acids is 1. The molecule has 0 unspecified atom stereocenters. The van der Waals surface area contributed by atoms with Crippen molar-refractivity contribution >= 4 is 5.78 Å². The van der Waals surface area contributed by atoms with E-state index >= 15 is 0 Å². The van der Waals surface area contributed by atoms with Gasteiger partial charge in [-0.05, 0) is 17.7 Å². The summed E-state index contributed by atoms with van der Waals surface area (Å²) in [6, 6.07) is 3.32. The molecular formula is C14H14F2O4. The molecule has 0 aromatic heterocycles. The first-order chi connectivity index (χ1) is 9.42. The van der Waals surface area contributed by atoms with Gasteiger partial charge in [-0.3, -0.25) is 4.79 Å². The van der Waals surface area contributed by atoms with E-state index < -0.39 is 23.4 Å². The van der Waals surface area contributed by atoms with Gasteiger partial charge in [0.25, 0.3) is 0 Å². The van der Waals surface area contributed by atoms with Crippen molar-refractivity contribution in [3.05, 3.63) is 35.4 Å². The van der Waals surface area contributed by atoms with Crippen LogP contribution in [0.15, 0.2) is 18.2 Å². The zero-order valence-electron chi connectivity index (χ0n) is 10.9. The molecule has 20 heavy (non-hydrogen) atoms. The smallest absolute Gasteiger partial charge is 0.320 e. The molecule has 0 N–H and O–H groups in total. The minimum absolute atomic E-state index is 0.145. The molecule has 0 amide bonds. The van der Waals surface area contributed by atoms with Gasteiger partial charge in [-0.1, -0.05) is 13.0 Å². The van der Waals surface area contributed by atoms with Gasteiger partial charge >= 0.3 is 5.97 Å². The SMILES string of the molecule is CC12COC(C(=O)Cc3ccc(F)c(F)c3)(OC1)OC2. The Kier molecular flexibility index (Phi) is 3.12. The highest BCUT2D eigenvalue weighted by molar-refractivity contribution is 5.86. The second-order valence-electron chi connectivity index (χ2n) is 5.58. The van der Waals surface area contributed by atoms with Crippen LogP contribution >= 0.6 is 0 Å². The molecule has 1 aromatic carbocycles. The molecule has 108 valence electrons. The van der Waals surface area contributed by atoms with Gasteiger partial charge in [-0.25, -0.2) is 8.78 Å². The molecule has 4 rings (SSSR count). The third-order valence-electron chi connectivity index (χ3n) is 3.52. The molecule has 3 aliphatic rings. The molecule has 2 bridgehead atoms. The Balaban J connectivity index is 1.75. The van der Waals surface area contributed by atoms with Gasteiger partial charge in [-0.15, -0.1) is 0 Å². The molecule has 3 saturated heterocycles. The van der Waals surface area contributed by atoms with Gasteiger partial charge in [0.05, 0.1) is 19.8 Å². The number of rotatable bonds is 3. The van der Waals surface area contributed by atoms with Crippen molar-refractivity contribution in [1.82, 2.24) is 0 Å². The second-order valence-corrected chi connectivity index (χ2v) is 5.58. The molecule has 3 aliphatic heterocycles. The maximum absolute atomic E-state index is 13.1. The summed E-state index contributed by atoms with van der Waals surface area (Å²) >= 11 is 0. The van der Waals surface area contributed by atoms with Crippen LogP contribution in [0.3, 0.4) is 0 Å². The summed E-state index contributed by atoms with van der Waals surface area (Å²) in [5, 5.41) is 0. The number of carbonyl (C=O) groups is 1. The monoisotopic (exact) mass is 284 g/mol. The van der Waals surface area contributed by atoms with E-state index in [4.69, 9.17) is 14.2 Å². The minimum Gasteiger partial charge on any atom is -0.320 e. The Hall–Kier alpha value is -1.37. The van der Waals surface area contributed by atoms with Crippen LogP contribution < -0.4 is 0 Å². The Morgan fingerprint density at radius 3 is 2.30 bits per heavy atom. The largest absolute Gasteiger partial charge is 0.347 e. The van der Waals surface area contributed by atoms with Crippen molar-refractivity contribution in [3.63, 3.8) is 0 Å². The molecule has 1 aromatic rings. The van der Waals surface area contributed by atoms with E-state index in [1.165, 1.54) is 6.07 Å². The summed E-state index contributed by atoms with van der Waals surface area (Å²) in [5.41, 5.74) is 0.113. The van der Waals surface area contributed by atoms with Crippen LogP contribution in [0, 0.1) is 17.0 Å². The zero-order chi connectivity index (χ0) is 14.4. The molecule has 3 heterocycles. The highest BCUT2D eigenvalue weighted by Gasteiger charge is 2.54. The van der Waals surface area contributed by atoms with Crippen molar-refractivity contribution < 1.29 is 27.8 Å². The molecule has 6 heteroatoms. The van der Waals surface area contributed by atoms with E-state index in [0.717, 1.165) is 12.1 Å². The molecule has 0 aliphatic carbocycles. The summed E-state index contributed by atoms with van der Waals surface area (Å²) < 4.78 is 42.2. The summed E-state index contributed by atoms with van der Waals surface area (Å²) in [7, 11) is 0. The number of hydrogen-bond donors (Lipinski definition) is 0. The fraction of sp³-hybridized carbons (Fsp3) is 0.500. The Morgan fingerprint density at radius 2 is 1.75 bits per heavy atom. The van der Waals surface area contributed by atoms with E-state index in [0.29, 0.717) is 25.4 Å². The van der Waals surface area contributed by atoms with Crippen LogP contribution in [0.2, 0.25) is 0 Å². The quantitative estimate of drug-likeness (QED) is 0.849. The van der Waals surface area contributed by atoms with Gasteiger partial charge < -0.3 is 14.2 Å². The minimum atomic E-state index is -1.69. The Morgan fingerprint density at radius 1 is 1.15 bits per heavy atom. The molecule has 0 atom stereocenters. The van der Waals surface area contributed by atoms with Crippen LogP contribution in [0.5, 0.6) is 0 Å². The maximum Gasteiger partial charge on any atom is 0.347 e. The topological polar surface area (TPSA) is 44.8 Å². The van der Waals surface area contributed by atoms with E-state index in [2.05, 4.69) is 0 Å². The van der Waals surface area contributed by atoms with E-state index in [-0.39, 0.29) is 11.8 Å². The van der Waals surface area contributed by atoms with Crippen molar-refractivity contribution in [1.29, 1.82) is 0 Å². The highest BCUT2D eigenvalue weighted by atomic mass is 19.2. The summed E-state index contributed by atoms with van der Waals surface area (Å²) in [5.74, 6) is -4.09. The summed E-state index contributed by atoms with van der Waals surface area (Å²) in [6.07, 6.45) is -0.145. The fourth-order valence-corrected chi connectivity index (χ4v) is 2.24. The molecule has 4 nitrogen and oxygen atoms in total. The van der Waals surface area contributed by atoms with Crippen LogP contribution in [0.25, 0.3) is 0 Å². The Bertz CT molecular complexity index is 534. The lowest BCUT2D eigenvalue weighted by Gasteiger charge is -2.49. The van der Waals surface area contributed by atoms with Crippen molar-refractivity contribution in [2.45, 2.75) is 19.3 Å². The third kappa shape index (κ3) is 2.24. The number of ketones is 1. The second kappa shape index (κ2) is 4.58. The normalized spacial score (nSPS) is 32.4. The molecular weight excluding hydrogens is 270 g/mol. The van der Waals surface area contributed by atoms with Gasteiger partial charge in [0.1, 0.15) is 0 Å². The number of hydrogen-bond acceptors (Lipinski definition) is 4. The van der Waals surface area contributed by atoms with Crippen LogP contribution in [-0.4, -0.2) is 31.6 Å². The third-order valence-corrected chi connectivity index (χ3v) is 3.52. The number of fused-ring (bicyclic) bond motifs is 3. The van der Waals surface area contributed by atoms with E-state index in [9.17, 15) is 13.6 Å². The number of halogens is 2. The molecule has 0 spiro atoms. The predicted octanol–water partition coefficient (Wildman–Crippen LogP) is 1.81. The van der Waals surface area contributed by atoms with E-state index in [1.54, 1.807) is 0 Å². The Labute approximate surface area is 114 Å². The maximum atomic E-state index is 13.1. The van der Waals surface area contributed by atoms with Crippen LogP contribution in [0.4, 0.5) is 8.78 Å². The first-order valence-corrected chi connectivity index (χ1v) is 6.32. The zero-order valence-corrected chi connectivity index (χ0v) is 10.9. The van der Waals surface area contributed by atoms with Crippen LogP contribution in [-0.2, 0) is 25.4 Å². The lowest BCUT2D eigenvalue weighted by Crippen LogP contribution is -2.62. The average molecular weight is 284 g/mol. The van der Waals surface area contributed by atoms with Gasteiger partial charge in [0.15, 0.2) is 11.6 Å². The van der Waals surface area contributed by atoms with Crippen LogP contribution in [0.1, 0.15) is 12.5 Å². The van der Waals surface area contributed by atoms with Gasteiger partial charge in [-0.2, -0.15) is 0 Å². The predicted molar refractivity (Wildman–Crippen MR) is 63.8 cm³/mol. The standard InChI is InChI=1S/C14H14F2O4/c1-13-6-18-14(19-7-13,20-8-13)12(17)5-9-2-3-10(15)11(16)4-9/h2-4H,5-8H2,1H3. The number of ether oxygens (including phenoxy) is 3.